The monoisotopic (exact) mass is 570 g/mol. The first kappa shape index (κ1) is 28.2. The molecule has 0 spiro atoms. The fourth-order valence-electron chi connectivity index (χ4n) is 6.16. The van der Waals surface area contributed by atoms with Crippen LogP contribution in [0.15, 0.2) is 48.6 Å². The Kier molecular flexibility index (Phi) is 9.31. The van der Waals surface area contributed by atoms with Gasteiger partial charge in [0.15, 0.2) is 0 Å². The summed E-state index contributed by atoms with van der Waals surface area (Å²) in [6, 6.07) is 11.8. The molecule has 1 fully saturated rings. The minimum absolute atomic E-state index is 0.0686. The van der Waals surface area contributed by atoms with E-state index >= 15 is 0 Å². The number of fused-ring (bicyclic) bond motifs is 2. The highest BCUT2D eigenvalue weighted by Crippen LogP contribution is 2.43. The molecule has 2 heterocycles. The third kappa shape index (κ3) is 6.53. The number of halogens is 1. The van der Waals surface area contributed by atoms with Crippen LogP contribution in [0.2, 0.25) is 5.02 Å². The van der Waals surface area contributed by atoms with Gasteiger partial charge in [-0.3, -0.25) is 9.52 Å². The van der Waals surface area contributed by atoms with Gasteiger partial charge in [-0.15, -0.1) is 0 Å². The molecular weight excluding hydrogens is 532 g/mol. The van der Waals surface area contributed by atoms with E-state index < -0.39 is 11.0 Å². The van der Waals surface area contributed by atoms with Crippen molar-refractivity contribution in [3.05, 3.63) is 70.3 Å². The van der Waals surface area contributed by atoms with Crippen LogP contribution in [0.3, 0.4) is 0 Å². The maximum absolute atomic E-state index is 13.0. The third-order valence-electron chi connectivity index (χ3n) is 8.36. The number of anilines is 1. The molecule has 1 saturated carbocycles. The zero-order valence-electron chi connectivity index (χ0n) is 22.9. The molecule has 2 aromatic rings. The van der Waals surface area contributed by atoms with Crippen LogP contribution in [-0.4, -0.2) is 48.8 Å². The van der Waals surface area contributed by atoms with Gasteiger partial charge in [-0.25, -0.2) is 4.21 Å². The summed E-state index contributed by atoms with van der Waals surface area (Å²) < 4.78 is 27.6. The van der Waals surface area contributed by atoms with Gasteiger partial charge in [-0.2, -0.15) is 0 Å². The summed E-state index contributed by atoms with van der Waals surface area (Å²) in [5.74, 6) is 1.96. The van der Waals surface area contributed by atoms with Crippen molar-refractivity contribution >= 4 is 34.2 Å². The summed E-state index contributed by atoms with van der Waals surface area (Å²) in [6.07, 6.45) is 10.2. The highest BCUT2D eigenvalue weighted by Gasteiger charge is 2.38. The molecule has 1 aliphatic carbocycles. The van der Waals surface area contributed by atoms with Crippen molar-refractivity contribution in [3.63, 3.8) is 0 Å². The summed E-state index contributed by atoms with van der Waals surface area (Å²) in [5.41, 5.74) is 3.97. The van der Waals surface area contributed by atoms with Gasteiger partial charge in [0.1, 0.15) is 16.7 Å². The van der Waals surface area contributed by atoms with E-state index in [9.17, 15) is 9.00 Å². The van der Waals surface area contributed by atoms with Crippen molar-refractivity contribution in [2.45, 2.75) is 57.5 Å². The molecule has 0 aromatic heterocycles. The molecule has 210 valence electrons. The molecule has 5 atom stereocenters. The van der Waals surface area contributed by atoms with Crippen LogP contribution in [0.5, 0.6) is 5.75 Å². The first-order valence-electron chi connectivity index (χ1n) is 14.2. The van der Waals surface area contributed by atoms with E-state index in [4.69, 9.17) is 21.1 Å². The summed E-state index contributed by atoms with van der Waals surface area (Å²) in [7, 11) is 0.365. The number of methoxy groups -OCH3 is 1. The molecule has 0 radical (unpaired) electrons. The SMILES string of the molecule is CCCc1cc(Cl)ccc1C1COc2ccc3cc2N(C1)CC1CCC1C(OC)/C=C/CCCS(=O)NC3=O. The fourth-order valence-corrected chi connectivity index (χ4v) is 7.21. The average molecular weight is 571 g/mol. The lowest BCUT2D eigenvalue weighted by atomic mass is 9.70. The van der Waals surface area contributed by atoms with Gasteiger partial charge < -0.3 is 14.4 Å². The van der Waals surface area contributed by atoms with E-state index in [1.165, 1.54) is 11.1 Å². The Hall–Kier alpha value is -2.35. The molecule has 1 N–H and O–H groups in total. The first-order valence-corrected chi connectivity index (χ1v) is 15.9. The van der Waals surface area contributed by atoms with Crippen LogP contribution < -0.4 is 14.4 Å². The number of rotatable bonds is 4. The lowest BCUT2D eigenvalue weighted by Gasteiger charge is -2.43. The maximum Gasteiger partial charge on any atom is 0.263 e. The van der Waals surface area contributed by atoms with Crippen molar-refractivity contribution in [2.24, 2.45) is 11.8 Å². The van der Waals surface area contributed by atoms with Gasteiger partial charge in [-0.1, -0.05) is 43.2 Å². The van der Waals surface area contributed by atoms with E-state index in [0.717, 1.165) is 68.1 Å². The molecule has 0 saturated heterocycles. The molecule has 6 nitrogen and oxygen atoms in total. The molecular formula is C31H39ClN2O4S. The quantitative estimate of drug-likeness (QED) is 0.453. The number of carbonyl (C=O) groups is 1. The smallest absolute Gasteiger partial charge is 0.263 e. The molecule has 39 heavy (non-hydrogen) atoms. The van der Waals surface area contributed by atoms with Crippen molar-refractivity contribution < 1.29 is 18.5 Å². The second-order valence-electron chi connectivity index (χ2n) is 10.9. The Labute approximate surface area is 239 Å². The van der Waals surface area contributed by atoms with Crippen LogP contribution in [-0.2, 0) is 22.1 Å². The predicted molar refractivity (Wildman–Crippen MR) is 158 cm³/mol. The largest absolute Gasteiger partial charge is 0.491 e. The fraction of sp³-hybridized carbons (Fsp3) is 0.516. The molecule has 8 heteroatoms. The average Bonchev–Trinajstić information content (AvgIpc) is 3.09. The lowest BCUT2D eigenvalue weighted by Crippen LogP contribution is -2.44. The van der Waals surface area contributed by atoms with E-state index in [1.807, 2.05) is 18.2 Å². The zero-order chi connectivity index (χ0) is 27.4. The van der Waals surface area contributed by atoms with E-state index in [-0.39, 0.29) is 17.9 Å². The van der Waals surface area contributed by atoms with E-state index in [0.29, 0.717) is 29.8 Å². The van der Waals surface area contributed by atoms with Crippen molar-refractivity contribution in [2.75, 3.05) is 37.5 Å². The molecule has 5 unspecified atom stereocenters. The number of carbonyl (C=O) groups excluding carboxylic acids is 1. The van der Waals surface area contributed by atoms with Crippen LogP contribution in [0, 0.1) is 11.8 Å². The van der Waals surface area contributed by atoms with Gasteiger partial charge in [0.05, 0.1) is 18.4 Å². The number of nitrogens with zero attached hydrogens (tertiary/aromatic N) is 1. The second kappa shape index (κ2) is 12.9. The minimum atomic E-state index is -1.43. The Bertz CT molecular complexity index is 1240. The molecule has 2 bridgehead atoms. The molecule has 2 aliphatic heterocycles. The Morgan fingerprint density at radius 2 is 2.05 bits per heavy atom. The lowest BCUT2D eigenvalue weighted by molar-refractivity contribution is 0.0135. The summed E-state index contributed by atoms with van der Waals surface area (Å²) >= 11 is 6.38. The number of benzene rings is 2. The van der Waals surface area contributed by atoms with Gasteiger partial charge in [-0.05, 0) is 85.4 Å². The van der Waals surface area contributed by atoms with Crippen molar-refractivity contribution in [1.82, 2.24) is 4.72 Å². The summed E-state index contributed by atoms with van der Waals surface area (Å²) in [4.78, 5) is 15.4. The molecule has 5 rings (SSSR count). The molecule has 1 amide bonds. The molecule has 3 aliphatic rings. The normalized spacial score (nSPS) is 28.3. The number of hydrogen-bond acceptors (Lipinski definition) is 5. The Morgan fingerprint density at radius 1 is 1.18 bits per heavy atom. The van der Waals surface area contributed by atoms with Gasteiger partial charge >= 0.3 is 0 Å². The van der Waals surface area contributed by atoms with Crippen LogP contribution in [0.4, 0.5) is 5.69 Å². The highest BCUT2D eigenvalue weighted by atomic mass is 35.5. The highest BCUT2D eigenvalue weighted by molar-refractivity contribution is 7.83. The summed E-state index contributed by atoms with van der Waals surface area (Å²) in [5, 5.41) is 0.758. The van der Waals surface area contributed by atoms with Crippen molar-refractivity contribution in [1.29, 1.82) is 0 Å². The van der Waals surface area contributed by atoms with E-state index in [2.05, 4.69) is 40.8 Å². The number of aryl methyl sites for hydroxylation is 1. The number of allylic oxidation sites excluding steroid dienone is 1. The number of amides is 1. The Balaban J connectivity index is 1.52. The minimum Gasteiger partial charge on any atom is -0.491 e. The van der Waals surface area contributed by atoms with Crippen LogP contribution in [0.25, 0.3) is 0 Å². The second-order valence-corrected chi connectivity index (χ2v) is 12.7. The van der Waals surface area contributed by atoms with Gasteiger partial charge in [0.2, 0.25) is 0 Å². The standard InChI is InChI=1S/C31H39ClN2O4S/c1-3-7-21-16-25(32)11-13-26(21)24-19-34-18-23-9-12-27(23)29(37-2)8-5-4-6-15-39(36)33-31(35)22-10-14-30(38-20-24)28(34)17-22/h5,8,10-11,13-14,16-17,23-24,27,29H,3-4,6-7,9,12,15,18-20H2,1-2H3,(H,33,35)/b8-5+. The van der Waals surface area contributed by atoms with E-state index in [1.54, 1.807) is 13.2 Å². The first-order chi connectivity index (χ1) is 19.0. The van der Waals surface area contributed by atoms with Gasteiger partial charge in [0, 0.05) is 42.5 Å². The topological polar surface area (TPSA) is 67.9 Å². The van der Waals surface area contributed by atoms with Crippen LogP contribution >= 0.6 is 11.6 Å². The zero-order valence-corrected chi connectivity index (χ0v) is 24.4. The third-order valence-corrected chi connectivity index (χ3v) is 9.67. The Morgan fingerprint density at radius 3 is 2.82 bits per heavy atom. The van der Waals surface area contributed by atoms with Crippen molar-refractivity contribution in [3.8, 4) is 5.75 Å². The number of nitrogens with one attached hydrogen (secondary N) is 1. The number of hydrogen-bond donors (Lipinski definition) is 1. The maximum atomic E-state index is 13.0. The van der Waals surface area contributed by atoms with Gasteiger partial charge in [0.25, 0.3) is 5.91 Å². The van der Waals surface area contributed by atoms with Crippen LogP contribution in [0.1, 0.15) is 66.4 Å². The predicted octanol–water partition coefficient (Wildman–Crippen LogP) is 6.06. The molecule has 2 aromatic carbocycles. The summed E-state index contributed by atoms with van der Waals surface area (Å²) in [6.45, 7) is 4.37. The number of ether oxygens (including phenoxy) is 2.